The lowest BCUT2D eigenvalue weighted by atomic mass is 9.91. The molecule has 0 saturated heterocycles. The molecule has 0 aliphatic rings. The molecule has 0 atom stereocenters. The van der Waals surface area contributed by atoms with Gasteiger partial charge in [-0.15, -0.1) is 0 Å². The fourth-order valence-electron chi connectivity index (χ4n) is 1.35. The Bertz CT molecular complexity index is 202. The lowest BCUT2D eigenvalue weighted by Gasteiger charge is -2.23. The minimum atomic E-state index is -0.345. The molecule has 0 unspecified atom stereocenters. The first-order valence-corrected chi connectivity index (χ1v) is 6.37. The molecule has 0 aliphatic heterocycles. The van der Waals surface area contributed by atoms with Crippen LogP contribution in [0, 0.1) is 5.41 Å². The van der Waals surface area contributed by atoms with Crippen LogP contribution in [0.4, 0.5) is 0 Å². The third-order valence-electron chi connectivity index (χ3n) is 3.06. The Kier molecular flexibility index (Phi) is 7.39. The van der Waals surface area contributed by atoms with Gasteiger partial charge < -0.3 is 9.64 Å². The van der Waals surface area contributed by atoms with E-state index in [1.807, 2.05) is 20.8 Å². The summed E-state index contributed by atoms with van der Waals surface area (Å²) in [6, 6.07) is 0. The second-order valence-corrected chi connectivity index (χ2v) is 4.81. The summed E-state index contributed by atoms with van der Waals surface area (Å²) in [4.78, 5) is 14.0. The van der Waals surface area contributed by atoms with Gasteiger partial charge in [0.1, 0.15) is 6.61 Å². The quantitative estimate of drug-likeness (QED) is 0.599. The van der Waals surface area contributed by atoms with Gasteiger partial charge in [-0.3, -0.25) is 4.79 Å². The smallest absolute Gasteiger partial charge is 0.311 e. The van der Waals surface area contributed by atoms with Crippen LogP contribution >= 0.6 is 0 Å². The number of rotatable bonds is 8. The maximum Gasteiger partial charge on any atom is 0.311 e. The molecule has 0 saturated carbocycles. The minimum absolute atomic E-state index is 0.0810. The molecule has 0 bridgehead atoms. The van der Waals surface area contributed by atoms with Crippen molar-refractivity contribution in [2.24, 2.45) is 5.41 Å². The van der Waals surface area contributed by atoms with Crippen LogP contribution < -0.4 is 0 Å². The average molecular weight is 229 g/mol. The van der Waals surface area contributed by atoms with Crippen LogP contribution in [0.1, 0.15) is 47.5 Å². The van der Waals surface area contributed by atoms with Crippen molar-refractivity contribution >= 4 is 5.97 Å². The summed E-state index contributed by atoms with van der Waals surface area (Å²) in [7, 11) is 0. The summed E-state index contributed by atoms with van der Waals surface area (Å²) < 4.78 is 5.30. The van der Waals surface area contributed by atoms with Gasteiger partial charge in [-0.25, -0.2) is 0 Å². The molecule has 0 aromatic rings. The topological polar surface area (TPSA) is 29.5 Å². The van der Waals surface area contributed by atoms with Crippen molar-refractivity contribution in [3.8, 4) is 0 Å². The molecular formula is C13H27NO2. The highest BCUT2D eigenvalue weighted by molar-refractivity contribution is 5.75. The van der Waals surface area contributed by atoms with Gasteiger partial charge in [0.05, 0.1) is 5.41 Å². The summed E-state index contributed by atoms with van der Waals surface area (Å²) in [5.74, 6) is -0.0810. The number of hydrogen-bond donors (Lipinski definition) is 0. The Hall–Kier alpha value is -0.570. The third-order valence-corrected chi connectivity index (χ3v) is 3.06. The number of carbonyl (C=O) groups excluding carboxylic acids is 1. The van der Waals surface area contributed by atoms with E-state index in [2.05, 4.69) is 18.7 Å². The predicted molar refractivity (Wildman–Crippen MR) is 67.4 cm³/mol. The van der Waals surface area contributed by atoms with E-state index in [4.69, 9.17) is 4.74 Å². The molecule has 96 valence electrons. The summed E-state index contributed by atoms with van der Waals surface area (Å²) in [6.07, 6.45) is 1.96. The van der Waals surface area contributed by atoms with Crippen LogP contribution in [0.5, 0.6) is 0 Å². The molecule has 3 nitrogen and oxygen atoms in total. The Morgan fingerprint density at radius 1 is 1.19 bits per heavy atom. The second-order valence-electron chi connectivity index (χ2n) is 4.81. The zero-order valence-corrected chi connectivity index (χ0v) is 11.5. The van der Waals surface area contributed by atoms with Gasteiger partial charge in [-0.2, -0.15) is 0 Å². The summed E-state index contributed by atoms with van der Waals surface area (Å²) in [6.45, 7) is 13.6. The summed E-state index contributed by atoms with van der Waals surface area (Å²) in [5, 5.41) is 0. The van der Waals surface area contributed by atoms with E-state index in [9.17, 15) is 4.79 Å². The molecule has 0 aliphatic carbocycles. The van der Waals surface area contributed by atoms with Gasteiger partial charge in [-0.1, -0.05) is 20.8 Å². The van der Waals surface area contributed by atoms with Gasteiger partial charge in [0.25, 0.3) is 0 Å². The van der Waals surface area contributed by atoms with E-state index < -0.39 is 0 Å². The van der Waals surface area contributed by atoms with Crippen molar-refractivity contribution in [2.45, 2.75) is 47.5 Å². The largest absolute Gasteiger partial charge is 0.464 e. The zero-order valence-electron chi connectivity index (χ0n) is 11.5. The number of esters is 1. The molecule has 0 aromatic heterocycles. The van der Waals surface area contributed by atoms with E-state index in [1.54, 1.807) is 0 Å². The van der Waals surface area contributed by atoms with Crippen LogP contribution in [-0.4, -0.2) is 37.1 Å². The standard InChI is InChI=1S/C13H27NO2/c1-6-9-14(8-3)10-11-16-12(15)13(4,5)7-2/h6-11H2,1-5H3. The number of hydrogen-bond acceptors (Lipinski definition) is 3. The first-order chi connectivity index (χ1) is 7.47. The maximum atomic E-state index is 11.7. The molecule has 0 rings (SSSR count). The van der Waals surface area contributed by atoms with Gasteiger partial charge in [-0.05, 0) is 39.8 Å². The molecule has 0 radical (unpaired) electrons. The molecule has 3 heteroatoms. The molecule has 16 heavy (non-hydrogen) atoms. The van der Waals surface area contributed by atoms with Crippen molar-refractivity contribution in [3.05, 3.63) is 0 Å². The van der Waals surface area contributed by atoms with Crippen molar-refractivity contribution in [2.75, 3.05) is 26.2 Å². The molecule has 0 heterocycles. The van der Waals surface area contributed by atoms with E-state index in [0.717, 1.165) is 32.5 Å². The van der Waals surface area contributed by atoms with Crippen LogP contribution in [0.25, 0.3) is 0 Å². The minimum Gasteiger partial charge on any atom is -0.464 e. The van der Waals surface area contributed by atoms with Crippen molar-refractivity contribution in [1.82, 2.24) is 4.90 Å². The van der Waals surface area contributed by atoms with Crippen LogP contribution in [0.2, 0.25) is 0 Å². The Morgan fingerprint density at radius 2 is 1.81 bits per heavy atom. The molecule has 0 spiro atoms. The Labute approximate surface area is 100 Å². The van der Waals surface area contributed by atoms with E-state index in [0.29, 0.717) is 6.61 Å². The highest BCUT2D eigenvalue weighted by atomic mass is 16.5. The highest BCUT2D eigenvalue weighted by Crippen LogP contribution is 2.21. The van der Waals surface area contributed by atoms with E-state index >= 15 is 0 Å². The van der Waals surface area contributed by atoms with Crippen molar-refractivity contribution in [3.63, 3.8) is 0 Å². The third kappa shape index (κ3) is 5.50. The average Bonchev–Trinajstić information content (AvgIpc) is 2.27. The molecule has 0 aromatic carbocycles. The van der Waals surface area contributed by atoms with Crippen molar-refractivity contribution in [1.29, 1.82) is 0 Å². The first-order valence-electron chi connectivity index (χ1n) is 6.37. The monoisotopic (exact) mass is 229 g/mol. The number of carbonyl (C=O) groups is 1. The fraction of sp³-hybridized carbons (Fsp3) is 0.923. The lowest BCUT2D eigenvalue weighted by molar-refractivity contribution is -0.154. The van der Waals surface area contributed by atoms with Gasteiger partial charge >= 0.3 is 5.97 Å². The molecule has 0 amide bonds. The fourth-order valence-corrected chi connectivity index (χ4v) is 1.35. The van der Waals surface area contributed by atoms with Gasteiger partial charge in [0, 0.05) is 6.54 Å². The Balaban J connectivity index is 3.84. The van der Waals surface area contributed by atoms with Crippen LogP contribution in [0.15, 0.2) is 0 Å². The van der Waals surface area contributed by atoms with Gasteiger partial charge in [0.2, 0.25) is 0 Å². The lowest BCUT2D eigenvalue weighted by Crippen LogP contribution is -2.32. The molecule has 0 N–H and O–H groups in total. The van der Waals surface area contributed by atoms with Crippen LogP contribution in [-0.2, 0) is 9.53 Å². The predicted octanol–water partition coefficient (Wildman–Crippen LogP) is 2.70. The van der Waals surface area contributed by atoms with Gasteiger partial charge in [0.15, 0.2) is 0 Å². The zero-order chi connectivity index (χ0) is 12.6. The number of nitrogens with zero attached hydrogens (tertiary/aromatic N) is 1. The second kappa shape index (κ2) is 7.66. The SMILES string of the molecule is CCCN(CC)CCOC(=O)C(C)(C)CC. The molecule has 0 fully saturated rings. The molecular weight excluding hydrogens is 202 g/mol. The summed E-state index contributed by atoms with van der Waals surface area (Å²) >= 11 is 0. The maximum absolute atomic E-state index is 11.7. The van der Waals surface area contributed by atoms with E-state index in [-0.39, 0.29) is 11.4 Å². The Morgan fingerprint density at radius 3 is 2.25 bits per heavy atom. The van der Waals surface area contributed by atoms with E-state index in [1.165, 1.54) is 0 Å². The van der Waals surface area contributed by atoms with Crippen LogP contribution in [0.3, 0.4) is 0 Å². The number of ether oxygens (including phenoxy) is 1. The highest BCUT2D eigenvalue weighted by Gasteiger charge is 2.26. The number of likely N-dealkylation sites (N-methyl/N-ethyl adjacent to an activating group) is 1. The summed E-state index contributed by atoms with van der Waals surface area (Å²) in [5.41, 5.74) is -0.345. The van der Waals surface area contributed by atoms with Crippen molar-refractivity contribution < 1.29 is 9.53 Å². The normalized spacial score (nSPS) is 11.9. The first kappa shape index (κ1) is 15.4.